The van der Waals surface area contributed by atoms with Crippen LogP contribution < -0.4 is 0 Å². The monoisotopic (exact) mass is 336 g/mol. The maximum absolute atomic E-state index is 5.04. The van der Waals surface area contributed by atoms with Crippen molar-refractivity contribution in [1.29, 1.82) is 0 Å². The number of aromatic amines is 1. The topological polar surface area (TPSA) is 28.7 Å². The highest BCUT2D eigenvalue weighted by Crippen LogP contribution is 2.63. The van der Waals surface area contributed by atoms with Gasteiger partial charge in [-0.25, -0.2) is 0 Å². The highest BCUT2D eigenvalue weighted by molar-refractivity contribution is 5.30. The molecule has 8 aliphatic rings. The van der Waals surface area contributed by atoms with Gasteiger partial charge in [-0.3, -0.25) is 5.10 Å². The third-order valence-electron chi connectivity index (χ3n) is 9.77. The largest absolute Gasteiger partial charge is 0.282 e. The fourth-order valence-corrected chi connectivity index (χ4v) is 9.73. The first kappa shape index (κ1) is 14.3. The lowest BCUT2D eigenvalue weighted by atomic mass is 9.48. The number of hydrogen-bond acceptors (Lipinski definition) is 1. The number of rotatable bonds is 2. The molecule has 0 radical (unpaired) electrons. The minimum absolute atomic E-state index is 0.464. The van der Waals surface area contributed by atoms with Crippen LogP contribution in [0, 0.1) is 35.5 Å². The lowest BCUT2D eigenvalue weighted by Crippen LogP contribution is -2.49. The summed E-state index contributed by atoms with van der Waals surface area (Å²) in [6, 6.07) is 2.60. The molecule has 0 unspecified atom stereocenters. The zero-order valence-electron chi connectivity index (χ0n) is 15.5. The van der Waals surface area contributed by atoms with E-state index in [-0.39, 0.29) is 0 Å². The summed E-state index contributed by atoms with van der Waals surface area (Å²) in [7, 11) is 0. The van der Waals surface area contributed by atoms with Crippen LogP contribution in [0.2, 0.25) is 0 Å². The summed E-state index contributed by atoms with van der Waals surface area (Å²) >= 11 is 0. The lowest BCUT2D eigenvalue weighted by Gasteiger charge is -2.57. The molecule has 1 aromatic rings. The molecule has 1 heterocycles. The van der Waals surface area contributed by atoms with Crippen molar-refractivity contribution in [3.63, 3.8) is 0 Å². The van der Waals surface area contributed by atoms with Crippen molar-refractivity contribution < 1.29 is 0 Å². The van der Waals surface area contributed by atoms with Gasteiger partial charge in [0.05, 0.1) is 5.69 Å². The average Bonchev–Trinajstić information content (AvgIpc) is 3.04. The standard InChI is InChI=1S/C23H32N2/c1-14-2-16-3-15(1)9-22(8-14,10-16)20-7-21(25-24-20)23-11-17-4-18(12-23)6-19(5-17)13-23/h7,14-19H,1-6,8-13H2,(H,24,25). The van der Waals surface area contributed by atoms with Crippen LogP contribution in [0.15, 0.2) is 6.07 Å². The highest BCUT2D eigenvalue weighted by atomic mass is 15.1. The van der Waals surface area contributed by atoms with Gasteiger partial charge < -0.3 is 0 Å². The van der Waals surface area contributed by atoms with Gasteiger partial charge in [-0.1, -0.05) is 0 Å². The predicted octanol–water partition coefficient (Wildman–Crippen LogP) is 5.35. The molecule has 8 saturated carbocycles. The molecule has 0 atom stereocenters. The summed E-state index contributed by atoms with van der Waals surface area (Å²) in [5.74, 6) is 6.13. The van der Waals surface area contributed by atoms with E-state index in [4.69, 9.17) is 5.10 Å². The molecule has 25 heavy (non-hydrogen) atoms. The highest BCUT2D eigenvalue weighted by Gasteiger charge is 2.55. The molecule has 2 nitrogen and oxygen atoms in total. The molecule has 1 N–H and O–H groups in total. The molecule has 8 aliphatic carbocycles. The SMILES string of the molecule is c1c(C23CC4CC(CC(C4)C2)C3)n[nH]c1C12CC3CC(CC(C3)C1)C2. The first-order valence-corrected chi connectivity index (χ1v) is 11.2. The first-order valence-electron chi connectivity index (χ1n) is 11.2. The molecule has 0 aliphatic heterocycles. The van der Waals surface area contributed by atoms with Crippen molar-refractivity contribution in [1.82, 2.24) is 10.2 Å². The number of nitrogens with one attached hydrogen (secondary N) is 1. The van der Waals surface area contributed by atoms with Gasteiger partial charge in [0.25, 0.3) is 0 Å². The summed E-state index contributed by atoms with van der Waals surface area (Å²) < 4.78 is 0. The van der Waals surface area contributed by atoms with E-state index in [2.05, 4.69) is 11.2 Å². The Morgan fingerprint density at radius 3 is 1.48 bits per heavy atom. The average molecular weight is 337 g/mol. The van der Waals surface area contributed by atoms with E-state index in [9.17, 15) is 0 Å². The van der Waals surface area contributed by atoms with Crippen molar-refractivity contribution in [2.24, 2.45) is 35.5 Å². The second-order valence-corrected chi connectivity index (χ2v) is 11.6. The van der Waals surface area contributed by atoms with E-state index in [1.54, 1.807) is 5.69 Å². The fraction of sp³-hybridized carbons (Fsp3) is 0.870. The van der Waals surface area contributed by atoms with E-state index < -0.39 is 0 Å². The molecule has 134 valence electrons. The van der Waals surface area contributed by atoms with Crippen molar-refractivity contribution in [2.75, 3.05) is 0 Å². The van der Waals surface area contributed by atoms with E-state index in [0.29, 0.717) is 10.8 Å². The quantitative estimate of drug-likeness (QED) is 0.775. The molecule has 0 spiro atoms. The Hall–Kier alpha value is -0.790. The molecule has 0 saturated heterocycles. The summed E-state index contributed by atoms with van der Waals surface area (Å²) in [6.45, 7) is 0. The minimum Gasteiger partial charge on any atom is -0.282 e. The Kier molecular flexibility index (Phi) is 2.60. The van der Waals surface area contributed by atoms with Crippen molar-refractivity contribution in [3.05, 3.63) is 17.5 Å². The normalized spacial score (nSPS) is 55.2. The Balaban J connectivity index is 1.25. The molecular weight excluding hydrogens is 304 g/mol. The van der Waals surface area contributed by atoms with Crippen LogP contribution in [0.5, 0.6) is 0 Å². The minimum atomic E-state index is 0.464. The zero-order chi connectivity index (χ0) is 16.2. The zero-order valence-corrected chi connectivity index (χ0v) is 15.5. The molecule has 8 fully saturated rings. The molecule has 2 heteroatoms. The van der Waals surface area contributed by atoms with Crippen molar-refractivity contribution >= 4 is 0 Å². The second kappa shape index (κ2) is 4.54. The lowest BCUT2D eigenvalue weighted by molar-refractivity contribution is -0.00828. The molecule has 0 aromatic carbocycles. The van der Waals surface area contributed by atoms with Gasteiger partial charge in [-0.15, -0.1) is 0 Å². The maximum atomic E-state index is 5.04. The number of nitrogens with zero attached hydrogens (tertiary/aromatic N) is 1. The van der Waals surface area contributed by atoms with Gasteiger partial charge in [0.2, 0.25) is 0 Å². The van der Waals surface area contributed by atoms with Crippen LogP contribution in [-0.4, -0.2) is 10.2 Å². The maximum Gasteiger partial charge on any atom is 0.0687 e. The molecule has 8 bridgehead atoms. The van der Waals surface area contributed by atoms with Gasteiger partial charge in [0.15, 0.2) is 0 Å². The van der Waals surface area contributed by atoms with Crippen LogP contribution in [-0.2, 0) is 10.8 Å². The van der Waals surface area contributed by atoms with Crippen LogP contribution >= 0.6 is 0 Å². The molecule has 1 aromatic heterocycles. The molecular formula is C23H32N2. The Labute approximate surface area is 151 Å². The van der Waals surface area contributed by atoms with Crippen LogP contribution in [0.4, 0.5) is 0 Å². The van der Waals surface area contributed by atoms with Crippen LogP contribution in [0.1, 0.15) is 88.4 Å². The fourth-order valence-electron chi connectivity index (χ4n) is 9.73. The van der Waals surface area contributed by atoms with Crippen molar-refractivity contribution in [2.45, 2.75) is 87.9 Å². The van der Waals surface area contributed by atoms with Gasteiger partial charge >= 0.3 is 0 Å². The smallest absolute Gasteiger partial charge is 0.0687 e. The Morgan fingerprint density at radius 2 is 1.04 bits per heavy atom. The molecule has 9 rings (SSSR count). The van der Waals surface area contributed by atoms with Gasteiger partial charge in [0.1, 0.15) is 0 Å². The summed E-state index contributed by atoms with van der Waals surface area (Å²) in [5, 5.41) is 8.68. The van der Waals surface area contributed by atoms with Crippen LogP contribution in [0.25, 0.3) is 0 Å². The van der Waals surface area contributed by atoms with E-state index in [1.807, 2.05) is 0 Å². The van der Waals surface area contributed by atoms with Crippen molar-refractivity contribution in [3.8, 4) is 0 Å². The third-order valence-corrected chi connectivity index (χ3v) is 9.77. The van der Waals surface area contributed by atoms with Gasteiger partial charge in [-0.2, -0.15) is 5.10 Å². The number of aromatic nitrogens is 2. The number of hydrogen-bond donors (Lipinski definition) is 1. The summed E-state index contributed by atoms with van der Waals surface area (Å²) in [4.78, 5) is 0. The van der Waals surface area contributed by atoms with E-state index in [1.165, 1.54) is 82.7 Å². The van der Waals surface area contributed by atoms with Gasteiger partial charge in [0, 0.05) is 16.5 Å². The van der Waals surface area contributed by atoms with E-state index >= 15 is 0 Å². The first-order chi connectivity index (χ1) is 12.2. The Bertz CT molecular complexity index is 584. The predicted molar refractivity (Wildman–Crippen MR) is 98.3 cm³/mol. The second-order valence-electron chi connectivity index (χ2n) is 11.6. The number of H-pyrrole nitrogens is 1. The summed E-state index contributed by atoms with van der Waals surface area (Å²) in [6.07, 6.45) is 17.9. The summed E-state index contributed by atoms with van der Waals surface area (Å²) in [5.41, 5.74) is 3.99. The Morgan fingerprint density at radius 1 is 0.640 bits per heavy atom. The van der Waals surface area contributed by atoms with E-state index in [0.717, 1.165) is 35.5 Å². The third kappa shape index (κ3) is 1.90. The molecule has 0 amide bonds. The van der Waals surface area contributed by atoms with Gasteiger partial charge in [-0.05, 0) is 119 Å². The van der Waals surface area contributed by atoms with Crippen LogP contribution in [0.3, 0.4) is 0 Å².